The maximum absolute atomic E-state index is 12.6. The number of nitrogens with two attached hydrogens (primary N) is 1. The largest absolute Gasteiger partial charge is 0.494 e. The topological polar surface area (TPSA) is 89.7 Å². The number of benzene rings is 2. The Morgan fingerprint density at radius 3 is 2.48 bits per heavy atom. The second-order valence-electron chi connectivity index (χ2n) is 5.76. The van der Waals surface area contributed by atoms with Gasteiger partial charge in [0.05, 0.1) is 11.5 Å². The molecule has 0 radical (unpaired) electrons. The Hall–Kier alpha value is -2.38. The summed E-state index contributed by atoms with van der Waals surface area (Å²) < 4.78 is 28.5. The van der Waals surface area contributed by atoms with Crippen LogP contribution in [0.25, 0.3) is 0 Å². The predicted octanol–water partition coefficient (Wildman–Crippen LogP) is 2.18. The van der Waals surface area contributed by atoms with E-state index < -0.39 is 10.0 Å². The van der Waals surface area contributed by atoms with E-state index in [2.05, 4.69) is 0 Å². The van der Waals surface area contributed by atoms with Crippen molar-refractivity contribution in [3.8, 4) is 5.75 Å². The summed E-state index contributed by atoms with van der Waals surface area (Å²) in [5.74, 6) is 0.538. The van der Waals surface area contributed by atoms with Crippen LogP contribution in [0, 0.1) is 6.92 Å². The summed E-state index contributed by atoms with van der Waals surface area (Å²) in [5, 5.41) is 5.14. The van der Waals surface area contributed by atoms with E-state index in [4.69, 9.17) is 9.88 Å². The number of hydrogen-bond donors (Lipinski definition) is 1. The first-order valence-corrected chi connectivity index (χ1v) is 9.40. The fraction of sp³-hybridized carbons (Fsp3) is 0.278. The molecule has 1 amide bonds. The molecule has 2 aromatic carbocycles. The lowest BCUT2D eigenvalue weighted by atomic mass is 10.1. The zero-order chi connectivity index (χ0) is 18.4. The molecule has 0 saturated carbocycles. The smallest absolute Gasteiger partial charge is 0.253 e. The van der Waals surface area contributed by atoms with Crippen molar-refractivity contribution >= 4 is 15.9 Å². The Labute approximate surface area is 148 Å². The van der Waals surface area contributed by atoms with Crippen LogP contribution in [0.5, 0.6) is 5.75 Å². The van der Waals surface area contributed by atoms with Crippen molar-refractivity contribution in [1.29, 1.82) is 0 Å². The highest BCUT2D eigenvalue weighted by Gasteiger charge is 2.17. The Balaban J connectivity index is 1.95. The molecule has 0 unspecified atom stereocenters. The SMILES string of the molecule is Cc1ccc(S(N)(=O)=O)cc1C(=O)N(C)CCCOc1ccccc1. The van der Waals surface area contributed by atoms with E-state index in [-0.39, 0.29) is 10.8 Å². The number of sulfonamides is 1. The minimum Gasteiger partial charge on any atom is -0.494 e. The molecule has 6 nitrogen and oxygen atoms in total. The van der Waals surface area contributed by atoms with Gasteiger partial charge in [-0.15, -0.1) is 0 Å². The zero-order valence-electron chi connectivity index (χ0n) is 14.3. The second kappa shape index (κ2) is 8.13. The molecular weight excluding hydrogens is 340 g/mol. The Bertz CT molecular complexity index is 835. The van der Waals surface area contributed by atoms with E-state index in [1.54, 1.807) is 24.9 Å². The number of hydrogen-bond acceptors (Lipinski definition) is 4. The van der Waals surface area contributed by atoms with Gasteiger partial charge in [0.2, 0.25) is 10.0 Å². The zero-order valence-corrected chi connectivity index (χ0v) is 15.1. The molecule has 2 rings (SSSR count). The number of carbonyl (C=O) groups is 1. The summed E-state index contributed by atoms with van der Waals surface area (Å²) in [6.07, 6.45) is 0.658. The highest BCUT2D eigenvalue weighted by atomic mass is 32.2. The van der Waals surface area contributed by atoms with Gasteiger partial charge in [-0.3, -0.25) is 4.79 Å². The van der Waals surface area contributed by atoms with Gasteiger partial charge in [-0.25, -0.2) is 13.6 Å². The van der Waals surface area contributed by atoms with Crippen LogP contribution >= 0.6 is 0 Å². The lowest BCUT2D eigenvalue weighted by molar-refractivity contribution is 0.0787. The molecule has 7 heteroatoms. The van der Waals surface area contributed by atoms with Gasteiger partial charge in [0.15, 0.2) is 0 Å². The van der Waals surface area contributed by atoms with E-state index in [0.717, 1.165) is 5.75 Å². The number of carbonyl (C=O) groups excluding carboxylic acids is 1. The van der Waals surface area contributed by atoms with Crippen LogP contribution in [0.3, 0.4) is 0 Å². The van der Waals surface area contributed by atoms with Gasteiger partial charge in [0.25, 0.3) is 5.91 Å². The van der Waals surface area contributed by atoms with Gasteiger partial charge >= 0.3 is 0 Å². The third kappa shape index (κ3) is 5.30. The highest BCUT2D eigenvalue weighted by Crippen LogP contribution is 2.16. The fourth-order valence-corrected chi connectivity index (χ4v) is 2.86. The molecule has 0 spiro atoms. The number of amides is 1. The van der Waals surface area contributed by atoms with E-state index >= 15 is 0 Å². The first-order valence-electron chi connectivity index (χ1n) is 7.86. The molecular formula is C18H22N2O4S. The standard InChI is InChI=1S/C18H22N2O4S/c1-14-9-10-16(25(19,22)23)13-17(14)18(21)20(2)11-6-12-24-15-7-4-3-5-8-15/h3-5,7-10,13H,6,11-12H2,1-2H3,(H2,19,22,23). The minimum absolute atomic E-state index is 0.0674. The minimum atomic E-state index is -3.84. The molecule has 0 bridgehead atoms. The number of nitrogens with zero attached hydrogens (tertiary/aromatic N) is 1. The summed E-state index contributed by atoms with van der Waals surface area (Å²) in [6, 6.07) is 13.8. The van der Waals surface area contributed by atoms with Crippen molar-refractivity contribution in [2.45, 2.75) is 18.2 Å². The van der Waals surface area contributed by atoms with Gasteiger partial charge in [-0.05, 0) is 43.2 Å². The van der Waals surface area contributed by atoms with Crippen molar-refractivity contribution in [1.82, 2.24) is 4.90 Å². The van der Waals surface area contributed by atoms with Crippen molar-refractivity contribution in [3.63, 3.8) is 0 Å². The van der Waals surface area contributed by atoms with Gasteiger partial charge < -0.3 is 9.64 Å². The predicted molar refractivity (Wildman–Crippen MR) is 96.1 cm³/mol. The number of primary sulfonamides is 1. The molecule has 0 aliphatic carbocycles. The summed E-state index contributed by atoms with van der Waals surface area (Å²) in [5.41, 5.74) is 1.03. The van der Waals surface area contributed by atoms with Crippen molar-refractivity contribution in [2.24, 2.45) is 5.14 Å². The number of ether oxygens (including phenoxy) is 1. The average molecular weight is 362 g/mol. The molecule has 2 N–H and O–H groups in total. The Morgan fingerprint density at radius 2 is 1.84 bits per heavy atom. The van der Waals surface area contributed by atoms with Crippen LogP contribution in [0.2, 0.25) is 0 Å². The van der Waals surface area contributed by atoms with E-state index in [1.165, 1.54) is 12.1 Å². The maximum atomic E-state index is 12.6. The lowest BCUT2D eigenvalue weighted by Crippen LogP contribution is -2.29. The fourth-order valence-electron chi connectivity index (χ4n) is 2.32. The molecule has 25 heavy (non-hydrogen) atoms. The molecule has 0 saturated heterocycles. The lowest BCUT2D eigenvalue weighted by Gasteiger charge is -2.19. The Morgan fingerprint density at radius 1 is 1.16 bits per heavy atom. The van der Waals surface area contributed by atoms with Crippen LogP contribution in [-0.2, 0) is 10.0 Å². The van der Waals surface area contributed by atoms with Crippen molar-refractivity contribution in [2.75, 3.05) is 20.2 Å². The molecule has 2 aromatic rings. The quantitative estimate of drug-likeness (QED) is 0.765. The summed E-state index contributed by atoms with van der Waals surface area (Å²) in [4.78, 5) is 14.0. The number of aryl methyl sites for hydroxylation is 1. The van der Waals surface area contributed by atoms with Gasteiger partial charge in [-0.1, -0.05) is 24.3 Å². The van der Waals surface area contributed by atoms with E-state index in [0.29, 0.717) is 30.7 Å². The first-order chi connectivity index (χ1) is 11.8. The second-order valence-corrected chi connectivity index (χ2v) is 7.32. The molecule has 0 atom stereocenters. The first kappa shape index (κ1) is 19.0. The molecule has 0 aliphatic rings. The van der Waals surface area contributed by atoms with Crippen LogP contribution in [0.1, 0.15) is 22.3 Å². The molecule has 0 aromatic heterocycles. The van der Waals surface area contributed by atoms with Crippen LogP contribution in [0.15, 0.2) is 53.4 Å². The van der Waals surface area contributed by atoms with Gasteiger partial charge in [0.1, 0.15) is 5.75 Å². The molecule has 0 heterocycles. The molecule has 134 valence electrons. The third-order valence-corrected chi connectivity index (χ3v) is 4.68. The molecule has 0 fully saturated rings. The monoisotopic (exact) mass is 362 g/mol. The van der Waals surface area contributed by atoms with E-state index in [9.17, 15) is 13.2 Å². The number of rotatable bonds is 7. The van der Waals surface area contributed by atoms with Crippen molar-refractivity contribution in [3.05, 3.63) is 59.7 Å². The normalized spacial score (nSPS) is 11.2. The summed E-state index contributed by atoms with van der Waals surface area (Å²) in [6.45, 7) is 2.73. The summed E-state index contributed by atoms with van der Waals surface area (Å²) >= 11 is 0. The van der Waals surface area contributed by atoms with Crippen LogP contribution < -0.4 is 9.88 Å². The van der Waals surface area contributed by atoms with Crippen LogP contribution in [-0.4, -0.2) is 39.4 Å². The van der Waals surface area contributed by atoms with Gasteiger partial charge in [0, 0.05) is 19.2 Å². The Kier molecular flexibility index (Phi) is 6.17. The third-order valence-electron chi connectivity index (χ3n) is 3.76. The van der Waals surface area contributed by atoms with Crippen LogP contribution in [0.4, 0.5) is 0 Å². The number of para-hydroxylation sites is 1. The van der Waals surface area contributed by atoms with Gasteiger partial charge in [-0.2, -0.15) is 0 Å². The maximum Gasteiger partial charge on any atom is 0.253 e. The van der Waals surface area contributed by atoms with E-state index in [1.807, 2.05) is 30.3 Å². The molecule has 0 aliphatic heterocycles. The summed E-state index contributed by atoms with van der Waals surface area (Å²) in [7, 11) is -2.17. The average Bonchev–Trinajstić information content (AvgIpc) is 2.58. The van der Waals surface area contributed by atoms with Crippen molar-refractivity contribution < 1.29 is 17.9 Å². The highest BCUT2D eigenvalue weighted by molar-refractivity contribution is 7.89.